The first kappa shape index (κ1) is 50.7. The molecule has 0 radical (unpaired) electrons. The summed E-state index contributed by atoms with van der Waals surface area (Å²) in [7, 11) is 7.74. The van der Waals surface area contributed by atoms with Crippen molar-refractivity contribution in [2.24, 2.45) is 10.7 Å². The smallest absolute Gasteiger partial charge is 0.346 e. The van der Waals surface area contributed by atoms with Gasteiger partial charge < -0.3 is 51.9 Å². The Morgan fingerprint density at radius 1 is 0.718 bits per heavy atom. The van der Waals surface area contributed by atoms with Gasteiger partial charge in [-0.3, -0.25) is 9.79 Å². The van der Waals surface area contributed by atoms with Gasteiger partial charge in [0.15, 0.2) is 5.65 Å². The first-order chi connectivity index (χ1) is 34.2. The van der Waals surface area contributed by atoms with Gasteiger partial charge in [0.25, 0.3) is 5.91 Å². The molecule has 4 heterocycles. The second-order valence-corrected chi connectivity index (χ2v) is 15.9. The Morgan fingerprint density at radius 3 is 1.76 bits per heavy atom. The maximum atomic E-state index is 12.5. The Hall–Kier alpha value is -9.66. The molecule has 0 unspecified atom stereocenters. The Kier molecular flexibility index (Phi) is 17.4. The normalized spacial score (nSPS) is 11.4. The fraction of sp³-hybridized carbons (Fsp3) is 0.176. The molecule has 20 nitrogen and oxygen atoms in total. The summed E-state index contributed by atoms with van der Waals surface area (Å²) in [5.74, 6) is -0.575. The highest BCUT2D eigenvalue weighted by atomic mass is 16.5. The molecular formula is C51H51N15O5. The summed E-state index contributed by atoms with van der Waals surface area (Å²) in [5, 5.41) is 29.5. The highest BCUT2D eigenvalue weighted by Crippen LogP contribution is 2.33. The number of carbonyl (C=O) groups excluding carboxylic acids is 1. The SMILES string of the molecule is CN(C)c1ccc(/C=C(\C#N)C(=O)NCc2ccc(COc3nc(N)nc4c3N=CC4)cc2)cc1.CN(C)c1ccc(/C=C(\C#N)C(=O)O)cc1.NCc1ccc(COc2nc(N)nc3nc[nH]c23)cc1. The lowest BCUT2D eigenvalue weighted by Crippen LogP contribution is -2.23. The number of nitrogens with two attached hydrogens (primary N) is 3. The number of benzene rings is 4. The number of hydrogen-bond donors (Lipinski definition) is 6. The molecule has 0 bridgehead atoms. The van der Waals surface area contributed by atoms with Gasteiger partial charge in [-0.15, -0.1) is 0 Å². The number of carboxylic acid groups (broad SMARTS) is 1. The van der Waals surface area contributed by atoms with Crippen LogP contribution < -0.4 is 41.8 Å². The topological polar surface area (TPSA) is 310 Å². The van der Waals surface area contributed by atoms with Crippen LogP contribution in [0.15, 0.2) is 120 Å². The van der Waals surface area contributed by atoms with Gasteiger partial charge in [0, 0.05) is 65.3 Å². The van der Waals surface area contributed by atoms with Crippen molar-refractivity contribution in [3.8, 4) is 23.9 Å². The lowest BCUT2D eigenvalue weighted by atomic mass is 10.1. The molecule has 7 aromatic rings. The highest BCUT2D eigenvalue weighted by Gasteiger charge is 2.18. The van der Waals surface area contributed by atoms with E-state index in [4.69, 9.17) is 37.0 Å². The number of nitrogen functional groups attached to an aromatic ring is 2. The molecule has 1 aliphatic rings. The number of ether oxygens (including phenoxy) is 2. The Labute approximate surface area is 409 Å². The number of aliphatic imine (C=N–C) groups is 1. The van der Waals surface area contributed by atoms with Crippen LogP contribution in [0.3, 0.4) is 0 Å². The number of nitriles is 2. The third kappa shape index (κ3) is 14.4. The summed E-state index contributed by atoms with van der Waals surface area (Å²) >= 11 is 0. The molecule has 0 spiro atoms. The van der Waals surface area contributed by atoms with E-state index in [9.17, 15) is 14.9 Å². The molecule has 3 aromatic heterocycles. The number of aromatic nitrogens is 6. The van der Waals surface area contributed by atoms with Crippen LogP contribution in [0, 0.1) is 22.7 Å². The molecule has 0 saturated carbocycles. The lowest BCUT2D eigenvalue weighted by Gasteiger charge is -2.12. The van der Waals surface area contributed by atoms with E-state index in [-0.39, 0.29) is 23.0 Å². The van der Waals surface area contributed by atoms with Crippen LogP contribution in [0.25, 0.3) is 23.3 Å². The number of nitrogens with zero attached hydrogens (tertiary/aromatic N) is 10. The minimum Gasteiger partial charge on any atom is -0.477 e. The number of amides is 1. The van der Waals surface area contributed by atoms with Crippen molar-refractivity contribution in [1.82, 2.24) is 35.2 Å². The number of rotatable bonds is 15. The predicted octanol–water partition coefficient (Wildman–Crippen LogP) is 5.90. The minimum atomic E-state index is -1.21. The van der Waals surface area contributed by atoms with E-state index >= 15 is 0 Å². The maximum absolute atomic E-state index is 12.5. The third-order valence-corrected chi connectivity index (χ3v) is 10.4. The van der Waals surface area contributed by atoms with E-state index in [1.807, 2.05) is 129 Å². The molecule has 1 amide bonds. The monoisotopic (exact) mass is 953 g/mol. The second kappa shape index (κ2) is 24.4. The van der Waals surface area contributed by atoms with Crippen molar-refractivity contribution in [2.45, 2.75) is 32.7 Å². The molecule has 0 atom stereocenters. The number of carbonyl (C=O) groups is 2. The summed E-state index contributed by atoms with van der Waals surface area (Å²) in [6.07, 6.45) is 6.83. The minimum absolute atomic E-state index is 0.0481. The number of nitrogens with one attached hydrogen (secondary N) is 2. The molecule has 0 aliphatic carbocycles. The number of carboxylic acids is 1. The molecule has 0 fully saturated rings. The molecule has 360 valence electrons. The number of hydrogen-bond acceptors (Lipinski definition) is 17. The molecule has 20 heteroatoms. The zero-order valence-corrected chi connectivity index (χ0v) is 39.4. The van der Waals surface area contributed by atoms with Crippen LogP contribution in [0.1, 0.15) is 39.1 Å². The third-order valence-electron chi connectivity index (χ3n) is 10.4. The summed E-state index contributed by atoms with van der Waals surface area (Å²) < 4.78 is 11.5. The number of aromatic amines is 1. The van der Waals surface area contributed by atoms with E-state index in [1.165, 1.54) is 12.4 Å². The first-order valence-electron chi connectivity index (χ1n) is 21.8. The zero-order chi connectivity index (χ0) is 50.9. The Morgan fingerprint density at radius 2 is 1.23 bits per heavy atom. The summed E-state index contributed by atoms with van der Waals surface area (Å²) in [6, 6.07) is 34.0. The first-order valence-corrected chi connectivity index (χ1v) is 21.8. The van der Waals surface area contributed by atoms with Crippen molar-refractivity contribution >= 4 is 70.4 Å². The Bertz CT molecular complexity index is 3130. The zero-order valence-electron chi connectivity index (χ0n) is 39.4. The van der Waals surface area contributed by atoms with Crippen LogP contribution in [0.5, 0.6) is 11.8 Å². The Balaban J connectivity index is 0.000000193. The van der Waals surface area contributed by atoms with Crippen LogP contribution in [-0.2, 0) is 42.3 Å². The lowest BCUT2D eigenvalue weighted by molar-refractivity contribution is -0.132. The second-order valence-electron chi connectivity index (χ2n) is 15.9. The molecular weight excluding hydrogens is 903 g/mol. The molecule has 71 heavy (non-hydrogen) atoms. The summed E-state index contributed by atoms with van der Waals surface area (Å²) in [4.78, 5) is 54.7. The van der Waals surface area contributed by atoms with Gasteiger partial charge in [0.1, 0.15) is 47.7 Å². The van der Waals surface area contributed by atoms with E-state index in [0.717, 1.165) is 44.9 Å². The van der Waals surface area contributed by atoms with Crippen molar-refractivity contribution < 1.29 is 24.2 Å². The average molecular weight is 954 g/mol. The number of fused-ring (bicyclic) bond motifs is 2. The number of imidazole rings is 1. The highest BCUT2D eigenvalue weighted by molar-refractivity contribution is 6.01. The van der Waals surface area contributed by atoms with Crippen LogP contribution in [0.2, 0.25) is 0 Å². The number of anilines is 4. The van der Waals surface area contributed by atoms with E-state index in [0.29, 0.717) is 66.9 Å². The van der Waals surface area contributed by atoms with Gasteiger partial charge in [-0.1, -0.05) is 72.8 Å². The van der Waals surface area contributed by atoms with E-state index in [1.54, 1.807) is 30.5 Å². The van der Waals surface area contributed by atoms with Gasteiger partial charge in [-0.05, 0) is 69.8 Å². The van der Waals surface area contributed by atoms with Gasteiger partial charge in [0.05, 0.1) is 12.0 Å². The maximum Gasteiger partial charge on any atom is 0.346 e. The van der Waals surface area contributed by atoms with Crippen molar-refractivity contribution in [2.75, 3.05) is 49.5 Å². The summed E-state index contributed by atoms with van der Waals surface area (Å²) in [5.41, 5.74) is 26.7. The van der Waals surface area contributed by atoms with Gasteiger partial charge in [-0.25, -0.2) is 14.8 Å². The van der Waals surface area contributed by atoms with Gasteiger partial charge in [0.2, 0.25) is 23.7 Å². The summed E-state index contributed by atoms with van der Waals surface area (Å²) in [6.45, 7) is 1.50. The van der Waals surface area contributed by atoms with Crippen LogP contribution in [0.4, 0.5) is 29.0 Å². The van der Waals surface area contributed by atoms with E-state index in [2.05, 4.69) is 40.2 Å². The largest absolute Gasteiger partial charge is 0.477 e. The number of H-pyrrole nitrogens is 1. The standard InChI is InChI=1S/C26H25N7O2.C13H14N6O.C12H12N2O2/c1-33(2)21-9-7-17(8-10-21)13-20(14-27)24(34)30-15-18-3-5-19(6-4-18)16-35-25-23-22(11-12-29-23)31-26(28)32-25;14-5-8-1-3-9(4-2-8)6-20-12-10-11(17-7-16-10)18-13(15)19-12;1-14(2)11-5-3-9(4-6-11)7-10(8-13)12(15)16/h3-10,12-13H,11,15-16H2,1-2H3,(H,30,34)(H2,28,31,32);1-4,7H,5-6,14H2,(H3,15,16,17,18,19);3-7H,1-2H3,(H,15,16)/b20-13+;;10-7+. The number of aliphatic carboxylic acids is 1. The molecule has 8 rings (SSSR count). The fourth-order valence-electron chi connectivity index (χ4n) is 6.49. The quantitative estimate of drug-likeness (QED) is 0.0514. The fourth-order valence-corrected chi connectivity index (χ4v) is 6.49. The van der Waals surface area contributed by atoms with Gasteiger partial charge >= 0.3 is 5.97 Å². The molecule has 1 aliphatic heterocycles. The van der Waals surface area contributed by atoms with Gasteiger partial charge in [-0.2, -0.15) is 25.5 Å². The van der Waals surface area contributed by atoms with Crippen molar-refractivity contribution in [3.63, 3.8) is 0 Å². The van der Waals surface area contributed by atoms with E-state index < -0.39 is 11.9 Å². The van der Waals surface area contributed by atoms with Crippen LogP contribution in [-0.4, -0.2) is 81.3 Å². The molecule has 0 saturated heterocycles. The van der Waals surface area contributed by atoms with Crippen molar-refractivity contribution in [3.05, 3.63) is 154 Å². The molecule has 4 aromatic carbocycles. The van der Waals surface area contributed by atoms with Crippen LogP contribution >= 0.6 is 0 Å². The predicted molar refractivity (Wildman–Crippen MR) is 272 cm³/mol. The average Bonchev–Trinajstić information content (AvgIpc) is 4.06. The molecule has 9 N–H and O–H groups in total. The van der Waals surface area contributed by atoms with Crippen molar-refractivity contribution in [1.29, 1.82) is 10.5 Å².